The highest BCUT2D eigenvalue weighted by Crippen LogP contribution is 2.19. The van der Waals surface area contributed by atoms with E-state index in [9.17, 15) is 4.79 Å². The van der Waals surface area contributed by atoms with E-state index in [1.54, 1.807) is 11.0 Å². The number of rotatable bonds is 1. The number of carbonyl (C=O) groups excluding carboxylic acids is 1. The molecule has 6 heteroatoms. The first-order chi connectivity index (χ1) is 8.47. The van der Waals surface area contributed by atoms with Crippen LogP contribution in [0.5, 0.6) is 0 Å². The summed E-state index contributed by atoms with van der Waals surface area (Å²) in [5.74, 6) is 0.142. The third-order valence-electron chi connectivity index (χ3n) is 2.82. The highest BCUT2D eigenvalue weighted by molar-refractivity contribution is 6.33. The van der Waals surface area contributed by atoms with Gasteiger partial charge in [0, 0.05) is 19.3 Å². The van der Waals surface area contributed by atoms with Gasteiger partial charge in [-0.3, -0.25) is 4.79 Å². The number of nitrogens with two attached hydrogens (primary N) is 1. The van der Waals surface area contributed by atoms with Crippen molar-refractivity contribution in [2.75, 3.05) is 18.8 Å². The Morgan fingerprint density at radius 1 is 1.50 bits per heavy atom. The van der Waals surface area contributed by atoms with Crippen LogP contribution in [0.15, 0.2) is 12.3 Å². The van der Waals surface area contributed by atoms with Crippen LogP contribution in [-0.2, 0) is 4.74 Å². The Balaban J connectivity index is 2.17. The summed E-state index contributed by atoms with van der Waals surface area (Å²) >= 11 is 5.87. The van der Waals surface area contributed by atoms with Gasteiger partial charge >= 0.3 is 0 Å². The molecule has 2 unspecified atom stereocenters. The maximum atomic E-state index is 12.3. The molecule has 2 rings (SSSR count). The normalized spacial score (nSPS) is 24.1. The van der Waals surface area contributed by atoms with Crippen LogP contribution in [0.1, 0.15) is 24.2 Å². The number of ether oxygens (including phenoxy) is 1. The summed E-state index contributed by atoms with van der Waals surface area (Å²) in [6, 6.07) is 1.55. The van der Waals surface area contributed by atoms with Gasteiger partial charge < -0.3 is 15.4 Å². The van der Waals surface area contributed by atoms with Crippen LogP contribution in [-0.4, -0.2) is 41.1 Å². The van der Waals surface area contributed by atoms with Gasteiger partial charge in [0.25, 0.3) is 5.91 Å². The number of aromatic nitrogens is 1. The third-order valence-corrected chi connectivity index (χ3v) is 3.13. The minimum absolute atomic E-state index is 0.0370. The molecule has 0 aromatic carbocycles. The summed E-state index contributed by atoms with van der Waals surface area (Å²) < 4.78 is 5.59. The first-order valence-electron chi connectivity index (χ1n) is 5.83. The fourth-order valence-corrected chi connectivity index (χ4v) is 2.26. The molecule has 1 aliphatic rings. The van der Waals surface area contributed by atoms with E-state index in [1.165, 1.54) is 6.20 Å². The van der Waals surface area contributed by atoms with Crippen LogP contribution in [0, 0.1) is 0 Å². The number of halogens is 1. The largest absolute Gasteiger partial charge is 0.382 e. The van der Waals surface area contributed by atoms with Crippen LogP contribution in [0.4, 0.5) is 5.82 Å². The average molecular weight is 270 g/mol. The number of carbonyl (C=O) groups is 1. The molecule has 2 atom stereocenters. The van der Waals surface area contributed by atoms with E-state index in [-0.39, 0.29) is 23.9 Å². The zero-order valence-electron chi connectivity index (χ0n) is 10.4. The molecule has 1 fully saturated rings. The van der Waals surface area contributed by atoms with Crippen molar-refractivity contribution in [1.29, 1.82) is 0 Å². The molecule has 2 N–H and O–H groups in total. The first kappa shape index (κ1) is 13.1. The lowest BCUT2D eigenvalue weighted by Crippen LogP contribution is -2.48. The molecular weight excluding hydrogens is 254 g/mol. The SMILES string of the molecule is CC1CN(C(=O)c2cnc(N)c(Cl)c2)CC(C)O1. The average Bonchev–Trinajstić information content (AvgIpc) is 2.30. The number of hydrogen-bond acceptors (Lipinski definition) is 4. The van der Waals surface area contributed by atoms with Gasteiger partial charge in [0.2, 0.25) is 0 Å². The quantitative estimate of drug-likeness (QED) is 0.840. The van der Waals surface area contributed by atoms with Gasteiger partial charge in [0.1, 0.15) is 5.82 Å². The molecule has 98 valence electrons. The van der Waals surface area contributed by atoms with Crippen molar-refractivity contribution in [1.82, 2.24) is 9.88 Å². The van der Waals surface area contributed by atoms with Gasteiger partial charge in [0.05, 0.1) is 22.8 Å². The second-order valence-electron chi connectivity index (χ2n) is 4.56. The van der Waals surface area contributed by atoms with E-state index >= 15 is 0 Å². The van der Waals surface area contributed by atoms with E-state index in [0.717, 1.165) is 0 Å². The van der Waals surface area contributed by atoms with E-state index in [1.807, 2.05) is 13.8 Å². The Labute approximate surface area is 111 Å². The molecule has 0 radical (unpaired) electrons. The van der Waals surface area contributed by atoms with Crippen LogP contribution < -0.4 is 5.73 Å². The summed E-state index contributed by atoms with van der Waals surface area (Å²) in [5.41, 5.74) is 5.98. The minimum atomic E-state index is -0.0913. The highest BCUT2D eigenvalue weighted by atomic mass is 35.5. The van der Waals surface area contributed by atoms with Gasteiger partial charge in [0.15, 0.2) is 0 Å². The van der Waals surface area contributed by atoms with Crippen molar-refractivity contribution >= 4 is 23.3 Å². The standard InChI is InChI=1S/C12H16ClN3O2/c1-7-5-16(6-8(2)18-7)12(17)9-3-10(13)11(14)15-4-9/h3-4,7-8H,5-6H2,1-2H3,(H2,14,15). The molecule has 18 heavy (non-hydrogen) atoms. The first-order valence-corrected chi connectivity index (χ1v) is 6.21. The molecule has 1 amide bonds. The summed E-state index contributed by atoms with van der Waals surface area (Å²) in [5, 5.41) is 0.301. The van der Waals surface area contributed by atoms with Crippen molar-refractivity contribution in [3.63, 3.8) is 0 Å². The van der Waals surface area contributed by atoms with Gasteiger partial charge in [-0.15, -0.1) is 0 Å². The fraction of sp³-hybridized carbons (Fsp3) is 0.500. The van der Waals surface area contributed by atoms with Crippen LogP contribution in [0.25, 0.3) is 0 Å². The fourth-order valence-electron chi connectivity index (χ4n) is 2.09. The highest BCUT2D eigenvalue weighted by Gasteiger charge is 2.26. The molecule has 1 aromatic rings. The maximum Gasteiger partial charge on any atom is 0.255 e. The number of morpholine rings is 1. The van der Waals surface area contributed by atoms with Crippen LogP contribution in [0.2, 0.25) is 5.02 Å². The number of nitrogen functional groups attached to an aromatic ring is 1. The summed E-state index contributed by atoms with van der Waals surface area (Å²) in [6.07, 6.45) is 1.53. The molecule has 0 spiro atoms. The Morgan fingerprint density at radius 3 is 2.67 bits per heavy atom. The molecule has 1 saturated heterocycles. The second-order valence-corrected chi connectivity index (χ2v) is 4.97. The number of nitrogens with zero attached hydrogens (tertiary/aromatic N) is 2. The van der Waals surface area contributed by atoms with Crippen molar-refractivity contribution in [3.8, 4) is 0 Å². The molecule has 5 nitrogen and oxygen atoms in total. The lowest BCUT2D eigenvalue weighted by atomic mass is 10.2. The number of amides is 1. The summed E-state index contributed by atoms with van der Waals surface area (Å²) in [4.78, 5) is 17.9. The Bertz CT molecular complexity index is 457. The topological polar surface area (TPSA) is 68.5 Å². The van der Waals surface area contributed by atoms with Crippen LogP contribution >= 0.6 is 11.6 Å². The van der Waals surface area contributed by atoms with Crippen molar-refractivity contribution in [3.05, 3.63) is 22.8 Å². The second kappa shape index (κ2) is 5.12. The van der Waals surface area contributed by atoms with Crippen molar-refractivity contribution in [2.24, 2.45) is 0 Å². The number of anilines is 1. The monoisotopic (exact) mass is 269 g/mol. The van der Waals surface area contributed by atoms with E-state index in [4.69, 9.17) is 22.1 Å². The molecule has 0 saturated carbocycles. The Kier molecular flexibility index (Phi) is 3.73. The van der Waals surface area contributed by atoms with Gasteiger partial charge in [-0.2, -0.15) is 0 Å². The molecule has 1 aliphatic heterocycles. The lowest BCUT2D eigenvalue weighted by molar-refractivity contribution is -0.0586. The Hall–Kier alpha value is -1.33. The number of pyridine rings is 1. The summed E-state index contributed by atoms with van der Waals surface area (Å²) in [7, 11) is 0. The van der Waals surface area contributed by atoms with Crippen LogP contribution in [0.3, 0.4) is 0 Å². The van der Waals surface area contributed by atoms with Gasteiger partial charge in [-0.05, 0) is 19.9 Å². The predicted octanol–water partition coefficient (Wildman–Crippen LogP) is 1.57. The lowest BCUT2D eigenvalue weighted by Gasteiger charge is -2.35. The molecule has 0 aliphatic carbocycles. The molecular formula is C12H16ClN3O2. The maximum absolute atomic E-state index is 12.3. The van der Waals surface area contributed by atoms with E-state index in [0.29, 0.717) is 23.7 Å². The minimum Gasteiger partial charge on any atom is -0.382 e. The molecule has 1 aromatic heterocycles. The Morgan fingerprint density at radius 2 is 2.11 bits per heavy atom. The van der Waals surface area contributed by atoms with Gasteiger partial charge in [-0.1, -0.05) is 11.6 Å². The van der Waals surface area contributed by atoms with Crippen molar-refractivity contribution in [2.45, 2.75) is 26.1 Å². The van der Waals surface area contributed by atoms with Gasteiger partial charge in [-0.25, -0.2) is 4.98 Å². The number of hydrogen-bond donors (Lipinski definition) is 1. The molecule has 2 heterocycles. The zero-order chi connectivity index (χ0) is 13.3. The molecule has 0 bridgehead atoms. The zero-order valence-corrected chi connectivity index (χ0v) is 11.1. The van der Waals surface area contributed by atoms with E-state index in [2.05, 4.69) is 4.98 Å². The summed E-state index contributed by atoms with van der Waals surface area (Å²) in [6.45, 7) is 5.05. The van der Waals surface area contributed by atoms with E-state index < -0.39 is 0 Å². The third kappa shape index (κ3) is 2.73. The smallest absolute Gasteiger partial charge is 0.255 e. The van der Waals surface area contributed by atoms with Crippen molar-refractivity contribution < 1.29 is 9.53 Å². The predicted molar refractivity (Wildman–Crippen MR) is 69.6 cm³/mol.